The predicted molar refractivity (Wildman–Crippen MR) is 66.8 cm³/mol. The van der Waals surface area contributed by atoms with E-state index in [1.807, 2.05) is 11.8 Å². The summed E-state index contributed by atoms with van der Waals surface area (Å²) in [4.78, 5) is 20.0. The Morgan fingerprint density at radius 3 is 2.72 bits per heavy atom. The van der Waals surface area contributed by atoms with Crippen LogP contribution in [0.15, 0.2) is 24.5 Å². The smallest absolute Gasteiger partial charge is 0.255 e. The van der Waals surface area contributed by atoms with E-state index in [4.69, 9.17) is 5.26 Å². The van der Waals surface area contributed by atoms with Gasteiger partial charge in [-0.1, -0.05) is 0 Å². The number of amides is 1. The number of rotatable bonds is 2. The summed E-state index contributed by atoms with van der Waals surface area (Å²) in [6.45, 7) is 4.72. The first-order valence-corrected chi connectivity index (χ1v) is 6.05. The van der Waals surface area contributed by atoms with Crippen molar-refractivity contribution in [2.24, 2.45) is 0 Å². The molecular formula is C13H16N4O. The maximum absolute atomic E-state index is 12.1. The van der Waals surface area contributed by atoms with Crippen LogP contribution in [-0.2, 0) is 0 Å². The second kappa shape index (κ2) is 5.61. The lowest BCUT2D eigenvalue weighted by molar-refractivity contribution is 0.0615. The minimum atomic E-state index is -0.0827. The minimum Gasteiger partial charge on any atom is -0.336 e. The minimum absolute atomic E-state index is 0.0207. The number of carbonyl (C=O) groups is 1. The molecule has 1 aliphatic rings. The van der Waals surface area contributed by atoms with Gasteiger partial charge in [-0.2, -0.15) is 5.26 Å². The third kappa shape index (κ3) is 2.66. The SMILES string of the molecule is CC(C#N)N1CCN(C(=O)c2cccnc2)CC1. The third-order valence-electron chi connectivity index (χ3n) is 3.24. The van der Waals surface area contributed by atoms with E-state index in [1.165, 1.54) is 0 Å². The average Bonchev–Trinajstić information content (AvgIpc) is 2.47. The molecule has 1 aliphatic heterocycles. The Labute approximate surface area is 107 Å². The Balaban J connectivity index is 1.95. The first kappa shape index (κ1) is 12.5. The quantitative estimate of drug-likeness (QED) is 0.770. The fourth-order valence-electron chi connectivity index (χ4n) is 2.07. The van der Waals surface area contributed by atoms with Crippen molar-refractivity contribution in [3.63, 3.8) is 0 Å². The molecule has 1 unspecified atom stereocenters. The van der Waals surface area contributed by atoms with Gasteiger partial charge in [0.15, 0.2) is 0 Å². The van der Waals surface area contributed by atoms with E-state index in [1.54, 1.807) is 24.5 Å². The van der Waals surface area contributed by atoms with Crippen LogP contribution in [0.3, 0.4) is 0 Å². The van der Waals surface area contributed by atoms with Crippen LogP contribution in [0, 0.1) is 11.3 Å². The Kier molecular flexibility index (Phi) is 3.90. The van der Waals surface area contributed by atoms with Gasteiger partial charge in [0, 0.05) is 38.6 Å². The van der Waals surface area contributed by atoms with Crippen LogP contribution in [0.5, 0.6) is 0 Å². The summed E-state index contributed by atoms with van der Waals surface area (Å²) in [7, 11) is 0. The Morgan fingerprint density at radius 1 is 1.44 bits per heavy atom. The van der Waals surface area contributed by atoms with Crippen molar-refractivity contribution in [2.75, 3.05) is 26.2 Å². The summed E-state index contributed by atoms with van der Waals surface area (Å²) in [5, 5.41) is 8.86. The molecule has 1 saturated heterocycles. The number of piperazine rings is 1. The number of aromatic nitrogens is 1. The summed E-state index contributed by atoms with van der Waals surface area (Å²) >= 11 is 0. The lowest BCUT2D eigenvalue weighted by atomic mass is 10.2. The molecule has 94 valence electrons. The van der Waals surface area contributed by atoms with Crippen molar-refractivity contribution in [1.29, 1.82) is 5.26 Å². The average molecular weight is 244 g/mol. The van der Waals surface area contributed by atoms with Crippen LogP contribution in [0.4, 0.5) is 0 Å². The van der Waals surface area contributed by atoms with Gasteiger partial charge in [-0.25, -0.2) is 0 Å². The molecule has 1 aromatic heterocycles. The highest BCUT2D eigenvalue weighted by Crippen LogP contribution is 2.09. The maximum atomic E-state index is 12.1. The molecule has 5 nitrogen and oxygen atoms in total. The highest BCUT2D eigenvalue weighted by Gasteiger charge is 2.24. The van der Waals surface area contributed by atoms with Crippen molar-refractivity contribution >= 4 is 5.91 Å². The van der Waals surface area contributed by atoms with Gasteiger partial charge in [0.2, 0.25) is 0 Å². The second-order valence-electron chi connectivity index (χ2n) is 4.37. The van der Waals surface area contributed by atoms with Gasteiger partial charge in [-0.3, -0.25) is 14.7 Å². The van der Waals surface area contributed by atoms with Gasteiger partial charge in [0.05, 0.1) is 17.7 Å². The van der Waals surface area contributed by atoms with Crippen molar-refractivity contribution in [3.8, 4) is 6.07 Å². The van der Waals surface area contributed by atoms with E-state index in [9.17, 15) is 4.79 Å². The second-order valence-corrected chi connectivity index (χ2v) is 4.37. The normalized spacial score (nSPS) is 18.1. The first-order valence-electron chi connectivity index (χ1n) is 6.05. The van der Waals surface area contributed by atoms with Gasteiger partial charge in [0.25, 0.3) is 5.91 Å². The first-order chi connectivity index (χ1) is 8.72. The van der Waals surface area contributed by atoms with Gasteiger partial charge in [-0.15, -0.1) is 0 Å². The molecule has 5 heteroatoms. The summed E-state index contributed by atoms with van der Waals surface area (Å²) < 4.78 is 0. The molecule has 0 bridgehead atoms. The van der Waals surface area contributed by atoms with Gasteiger partial charge in [0.1, 0.15) is 0 Å². The van der Waals surface area contributed by atoms with E-state index >= 15 is 0 Å². The van der Waals surface area contributed by atoms with Crippen molar-refractivity contribution in [2.45, 2.75) is 13.0 Å². The fraction of sp³-hybridized carbons (Fsp3) is 0.462. The standard InChI is InChI=1S/C13H16N4O/c1-11(9-14)16-5-7-17(8-6-16)13(18)12-3-2-4-15-10-12/h2-4,10-11H,5-8H2,1H3. The van der Waals surface area contributed by atoms with E-state index in [2.05, 4.69) is 16.0 Å². The molecule has 1 atom stereocenters. The van der Waals surface area contributed by atoms with Crippen molar-refractivity contribution < 1.29 is 4.79 Å². The number of nitrogens with zero attached hydrogens (tertiary/aromatic N) is 4. The molecular weight excluding hydrogens is 228 g/mol. The van der Waals surface area contributed by atoms with E-state index in [0.29, 0.717) is 18.7 Å². The van der Waals surface area contributed by atoms with Gasteiger partial charge >= 0.3 is 0 Å². The predicted octanol–water partition coefficient (Wildman–Crippen LogP) is 0.751. The van der Waals surface area contributed by atoms with E-state index < -0.39 is 0 Å². The molecule has 2 rings (SSSR count). The maximum Gasteiger partial charge on any atom is 0.255 e. The van der Waals surface area contributed by atoms with E-state index in [-0.39, 0.29) is 11.9 Å². The van der Waals surface area contributed by atoms with E-state index in [0.717, 1.165) is 13.1 Å². The van der Waals surface area contributed by atoms with Crippen LogP contribution in [0.25, 0.3) is 0 Å². The summed E-state index contributed by atoms with van der Waals surface area (Å²) in [6.07, 6.45) is 3.25. The molecule has 0 aromatic carbocycles. The number of pyridine rings is 1. The van der Waals surface area contributed by atoms with Crippen molar-refractivity contribution in [1.82, 2.24) is 14.8 Å². The monoisotopic (exact) mass is 244 g/mol. The van der Waals surface area contributed by atoms with Crippen LogP contribution < -0.4 is 0 Å². The molecule has 2 heterocycles. The molecule has 0 aliphatic carbocycles. The lowest BCUT2D eigenvalue weighted by Crippen LogP contribution is -2.51. The summed E-state index contributed by atoms with van der Waals surface area (Å²) in [5.74, 6) is 0.0207. The number of hydrogen-bond acceptors (Lipinski definition) is 4. The molecule has 1 amide bonds. The highest BCUT2D eigenvalue weighted by molar-refractivity contribution is 5.93. The topological polar surface area (TPSA) is 60.2 Å². The van der Waals surface area contributed by atoms with Gasteiger partial charge < -0.3 is 4.90 Å². The molecule has 1 fully saturated rings. The van der Waals surface area contributed by atoms with Crippen molar-refractivity contribution in [3.05, 3.63) is 30.1 Å². The zero-order valence-corrected chi connectivity index (χ0v) is 10.4. The summed E-state index contributed by atoms with van der Waals surface area (Å²) in [6, 6.07) is 5.68. The Hall–Kier alpha value is -1.93. The largest absolute Gasteiger partial charge is 0.336 e. The fourth-order valence-corrected chi connectivity index (χ4v) is 2.07. The number of carbonyl (C=O) groups excluding carboxylic acids is 1. The van der Waals surface area contributed by atoms with Crippen LogP contribution in [0.1, 0.15) is 17.3 Å². The zero-order valence-electron chi connectivity index (χ0n) is 10.4. The molecule has 0 spiro atoms. The highest BCUT2D eigenvalue weighted by atomic mass is 16.2. The Morgan fingerprint density at radius 2 is 2.17 bits per heavy atom. The molecule has 0 saturated carbocycles. The zero-order chi connectivity index (χ0) is 13.0. The number of nitriles is 1. The van der Waals surface area contributed by atoms with Gasteiger partial charge in [-0.05, 0) is 19.1 Å². The molecule has 0 N–H and O–H groups in total. The van der Waals surface area contributed by atoms with Crippen LogP contribution in [-0.4, -0.2) is 52.9 Å². The number of hydrogen-bond donors (Lipinski definition) is 0. The molecule has 18 heavy (non-hydrogen) atoms. The molecule has 0 radical (unpaired) electrons. The van der Waals surface area contributed by atoms with Crippen LogP contribution in [0.2, 0.25) is 0 Å². The van der Waals surface area contributed by atoms with Crippen LogP contribution >= 0.6 is 0 Å². The lowest BCUT2D eigenvalue weighted by Gasteiger charge is -2.35. The Bertz CT molecular complexity index is 446. The molecule has 1 aromatic rings. The summed E-state index contributed by atoms with van der Waals surface area (Å²) in [5.41, 5.74) is 0.624. The third-order valence-corrected chi connectivity index (χ3v) is 3.24.